The monoisotopic (exact) mass is 543 g/mol. The van der Waals surface area contributed by atoms with E-state index in [0.717, 1.165) is 21.3 Å². The Morgan fingerprint density at radius 1 is 1.18 bits per heavy atom. The lowest BCUT2D eigenvalue weighted by Gasteiger charge is -2.37. The number of nitrogens with zero attached hydrogens (tertiary/aromatic N) is 1. The van der Waals surface area contributed by atoms with Gasteiger partial charge in [0, 0.05) is 38.8 Å². The van der Waals surface area contributed by atoms with E-state index in [4.69, 9.17) is 30.8 Å². The van der Waals surface area contributed by atoms with E-state index in [-0.39, 0.29) is 25.1 Å². The second-order valence-electron chi connectivity index (χ2n) is 8.63. The summed E-state index contributed by atoms with van der Waals surface area (Å²) < 4.78 is 17.3. The molecule has 34 heavy (non-hydrogen) atoms. The molecular weight excluding hydrogens is 522 g/mol. The second-order valence-corrected chi connectivity index (χ2v) is 9.92. The van der Waals surface area contributed by atoms with Crippen LogP contribution in [0.1, 0.15) is 49.7 Å². The molecule has 1 aliphatic carbocycles. The van der Waals surface area contributed by atoms with E-state index in [1.165, 1.54) is 0 Å². The van der Waals surface area contributed by atoms with E-state index in [1.807, 2.05) is 43.3 Å². The number of hydrogen-bond acceptors (Lipinski definition) is 6. The molecule has 3 atom stereocenters. The Labute approximate surface area is 211 Å². The normalized spacial score (nSPS) is 23.5. The number of ether oxygens (including phenoxy) is 3. The van der Waals surface area contributed by atoms with Gasteiger partial charge in [-0.25, -0.2) is 0 Å². The van der Waals surface area contributed by atoms with E-state index >= 15 is 0 Å². The Bertz CT molecular complexity index is 1240. The average Bonchev–Trinajstić information content (AvgIpc) is 3.25. The van der Waals surface area contributed by atoms with Gasteiger partial charge < -0.3 is 14.2 Å². The third-order valence-electron chi connectivity index (χ3n) is 6.60. The summed E-state index contributed by atoms with van der Waals surface area (Å²) in [5.41, 5.74) is 3.77. The number of esters is 1. The molecule has 0 bridgehead atoms. The number of carbonyl (C=O) groups is 2. The average molecular weight is 545 g/mol. The molecule has 0 spiro atoms. The molecule has 0 amide bonds. The maximum absolute atomic E-state index is 13.7. The smallest absolute Gasteiger partial charge is 0.315 e. The number of benzene rings is 2. The zero-order chi connectivity index (χ0) is 24.0. The van der Waals surface area contributed by atoms with Gasteiger partial charge in [-0.1, -0.05) is 39.7 Å². The summed E-state index contributed by atoms with van der Waals surface area (Å²) in [4.78, 5) is 31.6. The van der Waals surface area contributed by atoms with Gasteiger partial charge in [0.1, 0.15) is 5.92 Å². The third kappa shape index (κ3) is 4.05. The predicted molar refractivity (Wildman–Crippen MR) is 132 cm³/mol. The molecule has 2 heterocycles. The molecule has 0 saturated carbocycles. The van der Waals surface area contributed by atoms with Crippen LogP contribution in [0, 0.1) is 5.92 Å². The van der Waals surface area contributed by atoms with Crippen LogP contribution in [0.2, 0.25) is 5.02 Å². The first-order valence-corrected chi connectivity index (χ1v) is 12.4. The number of allylic oxidation sites excluding steroid dienone is 2. The first-order chi connectivity index (χ1) is 16.4. The van der Waals surface area contributed by atoms with Gasteiger partial charge in [0.25, 0.3) is 0 Å². The molecule has 2 aliphatic heterocycles. The van der Waals surface area contributed by atoms with Crippen molar-refractivity contribution in [2.45, 2.75) is 38.5 Å². The van der Waals surface area contributed by atoms with Gasteiger partial charge in [-0.05, 0) is 61.6 Å². The van der Waals surface area contributed by atoms with E-state index < -0.39 is 17.8 Å². The summed E-state index contributed by atoms with van der Waals surface area (Å²) in [6.45, 7) is 3.98. The highest BCUT2D eigenvalue weighted by Crippen LogP contribution is 2.50. The lowest BCUT2D eigenvalue weighted by Crippen LogP contribution is -2.38. The number of carbonyl (C=O) groups excluding carboxylic acids is 2. The fourth-order valence-corrected chi connectivity index (χ4v) is 5.77. The molecule has 5 rings (SSSR count). The minimum absolute atomic E-state index is 0.0000506. The molecule has 2 aromatic rings. The number of ketones is 1. The lowest BCUT2D eigenvalue weighted by atomic mass is 9.69. The molecule has 0 aromatic heterocycles. The van der Waals surface area contributed by atoms with E-state index in [1.54, 1.807) is 6.92 Å². The molecule has 1 unspecified atom stereocenters. The van der Waals surface area contributed by atoms with Crippen molar-refractivity contribution >= 4 is 45.0 Å². The van der Waals surface area contributed by atoms with Gasteiger partial charge in [0.15, 0.2) is 17.3 Å². The minimum atomic E-state index is -0.702. The van der Waals surface area contributed by atoms with Crippen LogP contribution < -0.4 is 9.47 Å². The topological polar surface area (TPSA) is 74.2 Å². The number of hydrogen-bond donors (Lipinski definition) is 0. The van der Waals surface area contributed by atoms with Crippen molar-refractivity contribution in [3.05, 3.63) is 68.3 Å². The Balaban J connectivity index is 1.62. The van der Waals surface area contributed by atoms with Crippen LogP contribution in [0.5, 0.6) is 11.5 Å². The van der Waals surface area contributed by atoms with Gasteiger partial charge >= 0.3 is 5.97 Å². The SMILES string of the molecule is CCOC(=O)C1C(C)=NC2=C(C(=O)C[C@H](c3ccc(Cl)cc3)C2)[C@H]1c1cc2c(cc1Br)OCO2. The van der Waals surface area contributed by atoms with Crippen LogP contribution in [0.3, 0.4) is 0 Å². The summed E-state index contributed by atoms with van der Waals surface area (Å²) in [7, 11) is 0. The van der Waals surface area contributed by atoms with E-state index in [2.05, 4.69) is 15.9 Å². The van der Waals surface area contributed by atoms with Crippen LogP contribution in [-0.4, -0.2) is 30.9 Å². The maximum atomic E-state index is 13.7. The Morgan fingerprint density at radius 3 is 2.59 bits per heavy atom. The van der Waals surface area contributed by atoms with Gasteiger partial charge in [-0.15, -0.1) is 0 Å². The van der Waals surface area contributed by atoms with Crippen molar-refractivity contribution in [2.24, 2.45) is 10.9 Å². The second kappa shape index (κ2) is 9.19. The van der Waals surface area contributed by atoms with Crippen molar-refractivity contribution in [3.63, 3.8) is 0 Å². The summed E-state index contributed by atoms with van der Waals surface area (Å²) in [5.74, 6) is -0.429. The number of rotatable bonds is 4. The fraction of sp³-hybridized carbons (Fsp3) is 0.346. The molecule has 0 N–H and O–H groups in total. The molecule has 0 saturated heterocycles. The summed E-state index contributed by atoms with van der Waals surface area (Å²) in [6, 6.07) is 11.3. The van der Waals surface area contributed by atoms with Crippen molar-refractivity contribution in [2.75, 3.05) is 13.4 Å². The number of aliphatic imine (C=N–C) groups is 1. The molecule has 0 radical (unpaired) electrons. The summed E-state index contributed by atoms with van der Waals surface area (Å²) >= 11 is 9.70. The highest BCUT2D eigenvalue weighted by molar-refractivity contribution is 9.10. The standard InChI is InChI=1S/C26H23BrClNO5/c1-3-32-26(31)23-13(2)29-19-8-15(14-4-6-16(28)7-5-14)9-20(30)25(19)24(23)17-10-21-22(11-18(17)27)34-12-33-21/h4-7,10-11,15,23-24H,3,8-9,12H2,1-2H3/t15-,23?,24+/m1/s1. The first-order valence-electron chi connectivity index (χ1n) is 11.2. The largest absolute Gasteiger partial charge is 0.465 e. The Hall–Kier alpha value is -2.64. The van der Waals surface area contributed by atoms with Crippen molar-refractivity contribution < 1.29 is 23.8 Å². The van der Waals surface area contributed by atoms with Gasteiger partial charge in [0.05, 0.1) is 6.61 Å². The molecule has 2 aromatic carbocycles. The van der Waals surface area contributed by atoms with Crippen molar-refractivity contribution in [1.82, 2.24) is 0 Å². The van der Waals surface area contributed by atoms with E-state index in [0.29, 0.717) is 40.6 Å². The van der Waals surface area contributed by atoms with Crippen molar-refractivity contribution in [3.8, 4) is 11.5 Å². The van der Waals surface area contributed by atoms with Crippen molar-refractivity contribution in [1.29, 1.82) is 0 Å². The molecule has 6 nitrogen and oxygen atoms in total. The molecule has 3 aliphatic rings. The number of Topliss-reactive ketones (excluding diaryl/α,β-unsaturated/α-hetero) is 1. The van der Waals surface area contributed by atoms with Gasteiger partial charge in [-0.3, -0.25) is 14.6 Å². The quantitative estimate of drug-likeness (QED) is 0.444. The predicted octanol–water partition coefficient (Wildman–Crippen LogP) is 5.97. The van der Waals surface area contributed by atoms with E-state index in [9.17, 15) is 9.59 Å². The molecule has 8 heteroatoms. The third-order valence-corrected chi connectivity index (χ3v) is 7.54. The van der Waals surface area contributed by atoms with Crippen LogP contribution in [0.25, 0.3) is 0 Å². The number of halogens is 2. The van der Waals surface area contributed by atoms with Crippen LogP contribution >= 0.6 is 27.5 Å². The summed E-state index contributed by atoms with van der Waals surface area (Å²) in [6.07, 6.45) is 0.942. The van der Waals surface area contributed by atoms with Gasteiger partial charge in [0.2, 0.25) is 6.79 Å². The first kappa shape index (κ1) is 23.1. The summed E-state index contributed by atoms with van der Waals surface area (Å²) in [5, 5.41) is 0.655. The highest BCUT2D eigenvalue weighted by atomic mass is 79.9. The fourth-order valence-electron chi connectivity index (χ4n) is 5.07. The van der Waals surface area contributed by atoms with Crippen LogP contribution in [-0.2, 0) is 14.3 Å². The highest BCUT2D eigenvalue weighted by Gasteiger charge is 2.45. The van der Waals surface area contributed by atoms with Crippen LogP contribution in [0.4, 0.5) is 0 Å². The molecular formula is C26H23BrClNO5. The zero-order valence-corrected chi connectivity index (χ0v) is 21.1. The molecule has 0 fully saturated rings. The Kier molecular flexibility index (Phi) is 6.25. The molecule has 176 valence electrons. The Morgan fingerprint density at radius 2 is 1.88 bits per heavy atom. The van der Waals surface area contributed by atoms with Gasteiger partial charge in [-0.2, -0.15) is 0 Å². The minimum Gasteiger partial charge on any atom is -0.465 e. The zero-order valence-electron chi connectivity index (χ0n) is 18.8. The number of fused-ring (bicyclic) bond motifs is 1. The lowest BCUT2D eigenvalue weighted by molar-refractivity contribution is -0.146. The maximum Gasteiger partial charge on any atom is 0.315 e. The van der Waals surface area contributed by atoms with Crippen LogP contribution in [0.15, 0.2) is 57.1 Å².